The Balaban J connectivity index is 1.95. The van der Waals surface area contributed by atoms with E-state index in [1.54, 1.807) is 6.07 Å². The molecule has 0 bridgehead atoms. The van der Waals surface area contributed by atoms with Gasteiger partial charge in [0.25, 0.3) is 5.56 Å². The first-order chi connectivity index (χ1) is 9.22. The van der Waals surface area contributed by atoms with Crippen molar-refractivity contribution in [2.24, 2.45) is 0 Å². The van der Waals surface area contributed by atoms with E-state index in [2.05, 4.69) is 10.4 Å². The first kappa shape index (κ1) is 12.4. The van der Waals surface area contributed by atoms with Crippen LogP contribution in [0.15, 0.2) is 35.1 Å². The second-order valence-corrected chi connectivity index (χ2v) is 5.11. The van der Waals surface area contributed by atoms with Crippen LogP contribution in [-0.2, 0) is 19.5 Å². The summed E-state index contributed by atoms with van der Waals surface area (Å²) in [4.78, 5) is 12.0. The summed E-state index contributed by atoms with van der Waals surface area (Å²) in [6.07, 6.45) is 0.866. The van der Waals surface area contributed by atoms with Gasteiger partial charge < -0.3 is 5.32 Å². The van der Waals surface area contributed by atoms with Crippen LogP contribution in [0.2, 0.25) is 5.02 Å². The van der Waals surface area contributed by atoms with Crippen molar-refractivity contribution in [3.63, 3.8) is 0 Å². The minimum atomic E-state index is -0.0672. The Morgan fingerprint density at radius 1 is 1.37 bits per heavy atom. The molecule has 1 aliphatic rings. The predicted molar refractivity (Wildman–Crippen MR) is 74.5 cm³/mol. The molecule has 0 spiro atoms. The van der Waals surface area contributed by atoms with Gasteiger partial charge >= 0.3 is 0 Å². The van der Waals surface area contributed by atoms with E-state index in [1.165, 1.54) is 4.68 Å². The summed E-state index contributed by atoms with van der Waals surface area (Å²) in [5.41, 5.74) is 2.94. The van der Waals surface area contributed by atoms with E-state index in [9.17, 15) is 4.79 Å². The van der Waals surface area contributed by atoms with Gasteiger partial charge in [-0.3, -0.25) is 4.79 Å². The fourth-order valence-electron chi connectivity index (χ4n) is 2.28. The summed E-state index contributed by atoms with van der Waals surface area (Å²) in [7, 11) is 0. The molecule has 0 radical (unpaired) electrons. The molecule has 0 aliphatic carbocycles. The molecule has 5 heteroatoms. The maximum absolute atomic E-state index is 12.0. The highest BCUT2D eigenvalue weighted by Crippen LogP contribution is 2.12. The first-order valence-corrected chi connectivity index (χ1v) is 6.65. The van der Waals surface area contributed by atoms with E-state index in [0.29, 0.717) is 11.6 Å². The highest BCUT2D eigenvalue weighted by molar-refractivity contribution is 6.30. The van der Waals surface area contributed by atoms with Crippen molar-refractivity contribution in [2.75, 3.05) is 6.54 Å². The minimum absolute atomic E-state index is 0.0672. The fourth-order valence-corrected chi connectivity index (χ4v) is 2.49. The van der Waals surface area contributed by atoms with Gasteiger partial charge in [0.2, 0.25) is 0 Å². The third kappa shape index (κ3) is 2.69. The van der Waals surface area contributed by atoms with Gasteiger partial charge in [0.05, 0.1) is 12.2 Å². The molecule has 98 valence electrons. The van der Waals surface area contributed by atoms with Crippen LogP contribution in [0.25, 0.3) is 0 Å². The molecule has 0 unspecified atom stereocenters. The summed E-state index contributed by atoms with van der Waals surface area (Å²) >= 11 is 5.95. The Bertz CT molecular complexity index is 666. The fraction of sp³-hybridized carbons (Fsp3) is 0.286. The Labute approximate surface area is 116 Å². The molecule has 1 aliphatic heterocycles. The first-order valence-electron chi connectivity index (χ1n) is 6.27. The Morgan fingerprint density at radius 2 is 2.26 bits per heavy atom. The molecule has 0 saturated carbocycles. The lowest BCUT2D eigenvalue weighted by atomic mass is 10.1. The zero-order chi connectivity index (χ0) is 13.2. The molecule has 4 nitrogen and oxygen atoms in total. The number of nitrogens with one attached hydrogen (secondary N) is 1. The van der Waals surface area contributed by atoms with E-state index in [1.807, 2.05) is 24.3 Å². The number of hydrogen-bond acceptors (Lipinski definition) is 3. The highest BCUT2D eigenvalue weighted by atomic mass is 35.5. The monoisotopic (exact) mass is 275 g/mol. The normalized spacial score (nSPS) is 14.2. The molecule has 19 heavy (non-hydrogen) atoms. The number of halogens is 1. The maximum Gasteiger partial charge on any atom is 0.267 e. The van der Waals surface area contributed by atoms with Crippen molar-refractivity contribution < 1.29 is 0 Å². The molecule has 1 aromatic heterocycles. The number of aromatic nitrogens is 2. The smallest absolute Gasteiger partial charge is 0.267 e. The Morgan fingerprint density at radius 3 is 3.11 bits per heavy atom. The topological polar surface area (TPSA) is 46.9 Å². The molecule has 0 saturated heterocycles. The van der Waals surface area contributed by atoms with Crippen LogP contribution in [0.5, 0.6) is 0 Å². The summed E-state index contributed by atoms with van der Waals surface area (Å²) < 4.78 is 1.51. The van der Waals surface area contributed by atoms with Crippen molar-refractivity contribution in [1.29, 1.82) is 0 Å². The van der Waals surface area contributed by atoms with Crippen LogP contribution < -0.4 is 10.9 Å². The second-order valence-electron chi connectivity index (χ2n) is 4.67. The standard InChI is InChI=1S/C14H14ClN3O/c15-12-3-1-2-10(6-12)9-18-14(19)7-11-8-16-5-4-13(11)17-18/h1-3,6-7,16H,4-5,8-9H2. The van der Waals surface area contributed by atoms with Crippen molar-refractivity contribution in [3.8, 4) is 0 Å². The zero-order valence-corrected chi connectivity index (χ0v) is 11.2. The van der Waals surface area contributed by atoms with Crippen molar-refractivity contribution >= 4 is 11.6 Å². The second kappa shape index (κ2) is 5.15. The molecule has 1 aromatic carbocycles. The predicted octanol–water partition coefficient (Wildman–Crippen LogP) is 1.59. The van der Waals surface area contributed by atoms with Crippen LogP contribution in [0.1, 0.15) is 16.8 Å². The lowest BCUT2D eigenvalue weighted by Crippen LogP contribution is -2.31. The SMILES string of the molecule is O=c1cc2c(nn1Cc1cccc(Cl)c1)CCNC2. The van der Waals surface area contributed by atoms with Gasteiger partial charge in [0.1, 0.15) is 0 Å². The van der Waals surface area contributed by atoms with Gasteiger partial charge in [-0.2, -0.15) is 5.10 Å². The number of hydrogen-bond donors (Lipinski definition) is 1. The number of fused-ring (bicyclic) bond motifs is 1. The summed E-state index contributed by atoms with van der Waals surface area (Å²) in [5.74, 6) is 0. The van der Waals surface area contributed by atoms with Gasteiger partial charge in [-0.25, -0.2) is 4.68 Å². The minimum Gasteiger partial charge on any atom is -0.312 e. The number of rotatable bonds is 2. The van der Waals surface area contributed by atoms with Gasteiger partial charge in [0, 0.05) is 30.6 Å². The van der Waals surface area contributed by atoms with Crippen molar-refractivity contribution in [1.82, 2.24) is 15.1 Å². The average Bonchev–Trinajstić information content (AvgIpc) is 2.40. The van der Waals surface area contributed by atoms with Crippen LogP contribution in [-0.4, -0.2) is 16.3 Å². The molecular formula is C14H14ClN3O. The largest absolute Gasteiger partial charge is 0.312 e. The molecule has 0 atom stereocenters. The number of nitrogens with zero attached hydrogens (tertiary/aromatic N) is 2. The van der Waals surface area contributed by atoms with Gasteiger partial charge in [0.15, 0.2) is 0 Å². The van der Waals surface area contributed by atoms with E-state index in [4.69, 9.17) is 11.6 Å². The molecule has 0 fully saturated rings. The molecular weight excluding hydrogens is 262 g/mol. The van der Waals surface area contributed by atoms with E-state index in [-0.39, 0.29) is 5.56 Å². The van der Waals surface area contributed by atoms with Crippen LogP contribution in [0.4, 0.5) is 0 Å². The Hall–Kier alpha value is -1.65. The average molecular weight is 276 g/mol. The van der Waals surface area contributed by atoms with Crippen LogP contribution >= 0.6 is 11.6 Å². The maximum atomic E-state index is 12.0. The number of benzene rings is 1. The molecule has 0 amide bonds. The van der Waals surface area contributed by atoms with Crippen LogP contribution in [0, 0.1) is 0 Å². The van der Waals surface area contributed by atoms with E-state index in [0.717, 1.165) is 36.3 Å². The lowest BCUT2D eigenvalue weighted by Gasteiger charge is -2.17. The zero-order valence-electron chi connectivity index (χ0n) is 10.4. The van der Waals surface area contributed by atoms with Crippen molar-refractivity contribution in [3.05, 3.63) is 62.5 Å². The molecule has 3 rings (SSSR count). The lowest BCUT2D eigenvalue weighted by molar-refractivity contribution is 0.562. The van der Waals surface area contributed by atoms with E-state index < -0.39 is 0 Å². The summed E-state index contributed by atoms with van der Waals surface area (Å²) in [6.45, 7) is 2.10. The Kier molecular flexibility index (Phi) is 3.36. The quantitative estimate of drug-likeness (QED) is 0.905. The third-order valence-electron chi connectivity index (χ3n) is 3.24. The highest BCUT2D eigenvalue weighted by Gasteiger charge is 2.12. The summed E-state index contributed by atoms with van der Waals surface area (Å²) in [6, 6.07) is 9.18. The molecule has 1 N–H and O–H groups in total. The van der Waals surface area contributed by atoms with Crippen molar-refractivity contribution in [2.45, 2.75) is 19.5 Å². The van der Waals surface area contributed by atoms with Gasteiger partial charge in [-0.1, -0.05) is 23.7 Å². The van der Waals surface area contributed by atoms with Crippen LogP contribution in [0.3, 0.4) is 0 Å². The molecule has 2 heterocycles. The van der Waals surface area contributed by atoms with Gasteiger partial charge in [-0.05, 0) is 23.3 Å². The third-order valence-corrected chi connectivity index (χ3v) is 3.47. The molecule has 2 aromatic rings. The van der Waals surface area contributed by atoms with Gasteiger partial charge in [-0.15, -0.1) is 0 Å². The van der Waals surface area contributed by atoms with E-state index >= 15 is 0 Å². The summed E-state index contributed by atoms with van der Waals surface area (Å²) in [5, 5.41) is 8.37.